The summed E-state index contributed by atoms with van der Waals surface area (Å²) in [4.78, 5) is 13.2. The van der Waals surface area contributed by atoms with Crippen LogP contribution in [0.1, 0.15) is 12.5 Å². The van der Waals surface area contributed by atoms with Gasteiger partial charge in [0.05, 0.1) is 12.8 Å². The molecule has 1 N–H and O–H groups in total. The van der Waals surface area contributed by atoms with Crippen LogP contribution in [0.2, 0.25) is 0 Å². The zero-order chi connectivity index (χ0) is 11.2. The lowest BCUT2D eigenvalue weighted by Crippen LogP contribution is -2.35. The fourth-order valence-corrected chi connectivity index (χ4v) is 1.88. The van der Waals surface area contributed by atoms with Crippen molar-refractivity contribution >= 4 is 11.6 Å². The van der Waals surface area contributed by atoms with Gasteiger partial charge in [-0.25, -0.2) is 0 Å². The predicted molar refractivity (Wildman–Crippen MR) is 56.0 cm³/mol. The van der Waals surface area contributed by atoms with Crippen molar-refractivity contribution in [2.75, 3.05) is 19.1 Å². The molecule has 1 aromatic carbocycles. The second-order valence-corrected chi connectivity index (χ2v) is 3.82. The number of aliphatic hydroxyl groups is 1. The van der Waals surface area contributed by atoms with Gasteiger partial charge in [-0.3, -0.25) is 4.79 Å². The number of carbonyl (C=O) groups excluding carboxylic acids is 1. The lowest BCUT2D eigenvalue weighted by molar-refractivity contribution is -0.133. The molecule has 1 unspecified atom stereocenters. The van der Waals surface area contributed by atoms with Gasteiger partial charge in [0, 0.05) is 12.6 Å². The van der Waals surface area contributed by atoms with Crippen molar-refractivity contribution in [2.24, 2.45) is 0 Å². The molecule has 4 nitrogen and oxygen atoms in total. The van der Waals surface area contributed by atoms with Crippen LogP contribution in [-0.2, 0) is 10.4 Å². The first-order valence-electron chi connectivity index (χ1n) is 4.67. The SMILES string of the molecule is COc1ccc2c(c1)C(C)(O)C(=O)N2C. The van der Waals surface area contributed by atoms with Crippen molar-refractivity contribution in [3.8, 4) is 5.75 Å². The largest absolute Gasteiger partial charge is 0.497 e. The molecular formula is C11H13NO3. The number of rotatable bonds is 1. The number of anilines is 1. The number of benzene rings is 1. The zero-order valence-electron chi connectivity index (χ0n) is 8.94. The third-order valence-corrected chi connectivity index (χ3v) is 2.81. The summed E-state index contributed by atoms with van der Waals surface area (Å²) in [5.74, 6) is 0.322. The summed E-state index contributed by atoms with van der Waals surface area (Å²) in [7, 11) is 3.20. The third kappa shape index (κ3) is 1.22. The smallest absolute Gasteiger partial charge is 0.263 e. The number of amides is 1. The minimum Gasteiger partial charge on any atom is -0.497 e. The second-order valence-electron chi connectivity index (χ2n) is 3.82. The summed E-state index contributed by atoms with van der Waals surface area (Å²) < 4.78 is 5.06. The molecule has 1 amide bonds. The van der Waals surface area contributed by atoms with Crippen molar-refractivity contribution in [1.82, 2.24) is 0 Å². The molecule has 0 bridgehead atoms. The van der Waals surface area contributed by atoms with Gasteiger partial charge < -0.3 is 14.7 Å². The Morgan fingerprint density at radius 1 is 1.47 bits per heavy atom. The monoisotopic (exact) mass is 207 g/mol. The molecule has 4 heteroatoms. The maximum Gasteiger partial charge on any atom is 0.263 e. The topological polar surface area (TPSA) is 49.8 Å². The molecule has 1 aliphatic heterocycles. The number of nitrogens with zero attached hydrogens (tertiary/aromatic N) is 1. The molecule has 1 atom stereocenters. The Labute approximate surface area is 88.1 Å². The Hall–Kier alpha value is -1.55. The van der Waals surface area contributed by atoms with E-state index in [2.05, 4.69) is 0 Å². The standard InChI is InChI=1S/C11H13NO3/c1-11(14)8-6-7(15-3)4-5-9(8)12(2)10(11)13/h4-6,14H,1-3H3. The first-order valence-corrected chi connectivity index (χ1v) is 4.67. The fraction of sp³-hybridized carbons (Fsp3) is 0.364. The van der Waals surface area contributed by atoms with Crippen LogP contribution < -0.4 is 9.64 Å². The molecule has 0 radical (unpaired) electrons. The van der Waals surface area contributed by atoms with Crippen LogP contribution in [0.4, 0.5) is 5.69 Å². The molecule has 0 aromatic heterocycles. The highest BCUT2D eigenvalue weighted by Gasteiger charge is 2.44. The molecular weight excluding hydrogens is 194 g/mol. The quantitative estimate of drug-likeness (QED) is 0.743. The average Bonchev–Trinajstić information content (AvgIpc) is 2.40. The summed E-state index contributed by atoms with van der Waals surface area (Å²) in [6.45, 7) is 1.50. The Morgan fingerprint density at radius 3 is 2.73 bits per heavy atom. The maximum absolute atomic E-state index is 11.7. The molecule has 1 aromatic rings. The molecule has 1 aliphatic rings. The molecule has 0 saturated carbocycles. The summed E-state index contributed by atoms with van der Waals surface area (Å²) >= 11 is 0. The number of hydrogen-bond acceptors (Lipinski definition) is 3. The van der Waals surface area contributed by atoms with E-state index in [1.165, 1.54) is 11.8 Å². The van der Waals surface area contributed by atoms with Crippen LogP contribution in [0.15, 0.2) is 18.2 Å². The average molecular weight is 207 g/mol. The molecule has 15 heavy (non-hydrogen) atoms. The van der Waals surface area contributed by atoms with Crippen LogP contribution in [0, 0.1) is 0 Å². The molecule has 0 spiro atoms. The molecule has 2 rings (SSSR count). The number of hydrogen-bond donors (Lipinski definition) is 1. The normalized spacial score (nSPS) is 24.3. The van der Waals surface area contributed by atoms with Crippen molar-refractivity contribution < 1.29 is 14.6 Å². The second kappa shape index (κ2) is 2.97. The molecule has 0 fully saturated rings. The van der Waals surface area contributed by atoms with Crippen LogP contribution in [0.25, 0.3) is 0 Å². The predicted octanol–water partition coefficient (Wildman–Crippen LogP) is 0.879. The zero-order valence-corrected chi connectivity index (χ0v) is 8.94. The van der Waals surface area contributed by atoms with Gasteiger partial charge in [-0.1, -0.05) is 0 Å². The van der Waals surface area contributed by atoms with E-state index in [1.54, 1.807) is 32.4 Å². The highest BCUT2D eigenvalue weighted by atomic mass is 16.5. The minimum absolute atomic E-state index is 0.314. The molecule has 1 heterocycles. The highest BCUT2D eigenvalue weighted by molar-refractivity contribution is 6.06. The van der Waals surface area contributed by atoms with Gasteiger partial charge in [0.2, 0.25) is 0 Å². The van der Waals surface area contributed by atoms with E-state index >= 15 is 0 Å². The lowest BCUT2D eigenvalue weighted by atomic mass is 9.98. The van der Waals surface area contributed by atoms with Crippen LogP contribution in [0.5, 0.6) is 5.75 Å². The number of fused-ring (bicyclic) bond motifs is 1. The van der Waals surface area contributed by atoms with Crippen molar-refractivity contribution in [1.29, 1.82) is 0 Å². The lowest BCUT2D eigenvalue weighted by Gasteiger charge is -2.15. The summed E-state index contributed by atoms with van der Waals surface area (Å²) in [5.41, 5.74) is -0.126. The van der Waals surface area contributed by atoms with Gasteiger partial charge in [-0.2, -0.15) is 0 Å². The summed E-state index contributed by atoms with van der Waals surface area (Å²) in [6, 6.07) is 5.23. The first kappa shape index (κ1) is 9.98. The Morgan fingerprint density at radius 2 is 2.13 bits per heavy atom. The third-order valence-electron chi connectivity index (χ3n) is 2.81. The van der Waals surface area contributed by atoms with E-state index < -0.39 is 5.60 Å². The van der Waals surface area contributed by atoms with Gasteiger partial charge in [0.15, 0.2) is 5.60 Å². The van der Waals surface area contributed by atoms with E-state index in [0.29, 0.717) is 11.3 Å². The van der Waals surface area contributed by atoms with Crippen molar-refractivity contribution in [3.63, 3.8) is 0 Å². The Balaban J connectivity index is 2.62. The molecule has 80 valence electrons. The van der Waals surface area contributed by atoms with Gasteiger partial charge in [0.1, 0.15) is 5.75 Å². The van der Waals surface area contributed by atoms with Crippen molar-refractivity contribution in [2.45, 2.75) is 12.5 Å². The van der Waals surface area contributed by atoms with Crippen molar-refractivity contribution in [3.05, 3.63) is 23.8 Å². The Bertz CT molecular complexity index is 426. The van der Waals surface area contributed by atoms with Crippen LogP contribution >= 0.6 is 0 Å². The van der Waals surface area contributed by atoms with E-state index in [1.807, 2.05) is 0 Å². The fourth-order valence-electron chi connectivity index (χ4n) is 1.88. The molecule has 0 aliphatic carbocycles. The molecule has 0 saturated heterocycles. The minimum atomic E-state index is -1.45. The highest BCUT2D eigenvalue weighted by Crippen LogP contribution is 2.40. The number of methoxy groups -OCH3 is 1. The number of ether oxygens (including phenoxy) is 1. The number of likely N-dealkylation sites (N-methyl/N-ethyl adjacent to an activating group) is 1. The maximum atomic E-state index is 11.7. The van der Waals surface area contributed by atoms with Gasteiger partial charge >= 0.3 is 0 Å². The number of carbonyl (C=O) groups is 1. The van der Waals surface area contributed by atoms with E-state index in [9.17, 15) is 9.90 Å². The van der Waals surface area contributed by atoms with Crippen LogP contribution in [0.3, 0.4) is 0 Å². The summed E-state index contributed by atoms with van der Waals surface area (Å²) in [6.07, 6.45) is 0. The van der Waals surface area contributed by atoms with E-state index in [-0.39, 0.29) is 5.91 Å². The van der Waals surface area contributed by atoms with E-state index in [4.69, 9.17) is 4.74 Å². The van der Waals surface area contributed by atoms with Gasteiger partial charge in [-0.05, 0) is 25.1 Å². The van der Waals surface area contributed by atoms with Gasteiger partial charge in [-0.15, -0.1) is 0 Å². The van der Waals surface area contributed by atoms with Crippen LogP contribution in [-0.4, -0.2) is 25.2 Å². The Kier molecular flexibility index (Phi) is 1.98. The van der Waals surface area contributed by atoms with E-state index in [0.717, 1.165) is 5.69 Å². The summed E-state index contributed by atoms with van der Waals surface area (Å²) in [5, 5.41) is 10.1. The first-order chi connectivity index (χ1) is 6.98. The van der Waals surface area contributed by atoms with Gasteiger partial charge in [0.25, 0.3) is 5.91 Å².